The highest BCUT2D eigenvalue weighted by atomic mass is 19.4. The van der Waals surface area contributed by atoms with Gasteiger partial charge in [-0.05, 0) is 19.2 Å². The standard InChI is InChI=1S/C12H14F3N3O2/c1-17-4-6-18(7-5-17)10-8(11(19)20)2-3-9(16-10)12(13,14)15/h2-3H,4-7H2,1H3,(H,19,20). The number of likely N-dealkylation sites (N-methyl/N-ethyl adjacent to an activating group) is 1. The van der Waals surface area contributed by atoms with Crippen LogP contribution >= 0.6 is 0 Å². The Kier molecular flexibility index (Phi) is 3.85. The van der Waals surface area contributed by atoms with Gasteiger partial charge in [0.25, 0.3) is 0 Å². The van der Waals surface area contributed by atoms with Crippen LogP contribution in [0, 0.1) is 0 Å². The van der Waals surface area contributed by atoms with Crippen molar-refractivity contribution in [1.82, 2.24) is 9.88 Å². The van der Waals surface area contributed by atoms with Crippen molar-refractivity contribution in [2.75, 3.05) is 38.1 Å². The van der Waals surface area contributed by atoms with E-state index in [0.29, 0.717) is 32.2 Å². The van der Waals surface area contributed by atoms with Gasteiger partial charge < -0.3 is 14.9 Å². The Balaban J connectivity index is 2.39. The molecule has 0 spiro atoms. The molecular formula is C12H14F3N3O2. The van der Waals surface area contributed by atoms with Gasteiger partial charge in [-0.3, -0.25) is 0 Å². The minimum Gasteiger partial charge on any atom is -0.478 e. The van der Waals surface area contributed by atoms with E-state index in [9.17, 15) is 18.0 Å². The lowest BCUT2D eigenvalue weighted by Gasteiger charge is -2.34. The molecule has 0 radical (unpaired) electrons. The molecule has 1 N–H and O–H groups in total. The number of nitrogens with zero attached hydrogens (tertiary/aromatic N) is 3. The maximum atomic E-state index is 12.7. The number of hydrogen-bond donors (Lipinski definition) is 1. The van der Waals surface area contributed by atoms with Gasteiger partial charge in [0.1, 0.15) is 17.1 Å². The fourth-order valence-electron chi connectivity index (χ4n) is 2.03. The van der Waals surface area contributed by atoms with Gasteiger partial charge in [0.15, 0.2) is 0 Å². The monoisotopic (exact) mass is 289 g/mol. The van der Waals surface area contributed by atoms with Crippen LogP contribution in [-0.4, -0.2) is 54.2 Å². The molecule has 0 aromatic carbocycles. The number of rotatable bonds is 2. The molecule has 8 heteroatoms. The van der Waals surface area contributed by atoms with Gasteiger partial charge in [-0.25, -0.2) is 9.78 Å². The van der Waals surface area contributed by atoms with Crippen LogP contribution < -0.4 is 4.90 Å². The average Bonchev–Trinajstić information content (AvgIpc) is 2.37. The van der Waals surface area contributed by atoms with E-state index in [1.54, 1.807) is 4.90 Å². The molecule has 20 heavy (non-hydrogen) atoms. The third kappa shape index (κ3) is 3.01. The van der Waals surface area contributed by atoms with E-state index in [0.717, 1.165) is 6.07 Å². The molecule has 5 nitrogen and oxygen atoms in total. The van der Waals surface area contributed by atoms with Crippen LogP contribution in [0.5, 0.6) is 0 Å². The topological polar surface area (TPSA) is 56.7 Å². The number of carboxylic acid groups (broad SMARTS) is 1. The molecule has 2 heterocycles. The highest BCUT2D eigenvalue weighted by Gasteiger charge is 2.34. The van der Waals surface area contributed by atoms with Crippen molar-refractivity contribution in [3.8, 4) is 0 Å². The van der Waals surface area contributed by atoms with Gasteiger partial charge in [-0.15, -0.1) is 0 Å². The minimum atomic E-state index is -4.58. The summed E-state index contributed by atoms with van der Waals surface area (Å²) in [6.07, 6.45) is -4.58. The normalized spacial score (nSPS) is 17.3. The van der Waals surface area contributed by atoms with Gasteiger partial charge in [0, 0.05) is 26.2 Å². The Morgan fingerprint density at radius 1 is 1.25 bits per heavy atom. The van der Waals surface area contributed by atoms with Gasteiger partial charge in [0.05, 0.1) is 0 Å². The molecule has 2 rings (SSSR count). The number of carbonyl (C=O) groups is 1. The lowest BCUT2D eigenvalue weighted by molar-refractivity contribution is -0.141. The summed E-state index contributed by atoms with van der Waals surface area (Å²) in [7, 11) is 1.90. The quantitative estimate of drug-likeness (QED) is 0.895. The van der Waals surface area contributed by atoms with Crippen molar-refractivity contribution in [3.05, 3.63) is 23.4 Å². The van der Waals surface area contributed by atoms with Crippen LogP contribution in [0.2, 0.25) is 0 Å². The highest BCUT2D eigenvalue weighted by molar-refractivity contribution is 5.93. The zero-order valence-corrected chi connectivity index (χ0v) is 10.8. The fraction of sp³-hybridized carbons (Fsp3) is 0.500. The van der Waals surface area contributed by atoms with Crippen LogP contribution in [-0.2, 0) is 6.18 Å². The smallest absolute Gasteiger partial charge is 0.433 e. The molecule has 1 fully saturated rings. The summed E-state index contributed by atoms with van der Waals surface area (Å²) in [6.45, 7) is 2.20. The predicted molar refractivity (Wildman–Crippen MR) is 65.9 cm³/mol. The number of piperazine rings is 1. The van der Waals surface area contributed by atoms with Crippen molar-refractivity contribution < 1.29 is 23.1 Å². The lowest BCUT2D eigenvalue weighted by atomic mass is 10.2. The first-order chi connectivity index (χ1) is 9.29. The summed E-state index contributed by atoms with van der Waals surface area (Å²) < 4.78 is 38.1. The fourth-order valence-corrected chi connectivity index (χ4v) is 2.03. The molecule has 1 aromatic rings. The van der Waals surface area contributed by atoms with E-state index in [1.807, 2.05) is 11.9 Å². The first kappa shape index (κ1) is 14.6. The van der Waals surface area contributed by atoms with E-state index in [1.165, 1.54) is 0 Å². The van der Waals surface area contributed by atoms with Crippen molar-refractivity contribution >= 4 is 11.8 Å². The maximum absolute atomic E-state index is 12.7. The predicted octanol–water partition coefficient (Wildman–Crippen LogP) is 1.55. The SMILES string of the molecule is CN1CCN(c2nc(C(F)(F)F)ccc2C(=O)O)CC1. The number of hydrogen-bond acceptors (Lipinski definition) is 4. The summed E-state index contributed by atoms with van der Waals surface area (Å²) in [5.41, 5.74) is -1.28. The number of aromatic carboxylic acids is 1. The molecule has 0 saturated carbocycles. The van der Waals surface area contributed by atoms with Gasteiger partial charge in [-0.2, -0.15) is 13.2 Å². The van der Waals surface area contributed by atoms with E-state index in [2.05, 4.69) is 4.98 Å². The third-order valence-corrected chi connectivity index (χ3v) is 3.20. The maximum Gasteiger partial charge on any atom is 0.433 e. The van der Waals surface area contributed by atoms with Crippen LogP contribution in [0.15, 0.2) is 12.1 Å². The Morgan fingerprint density at radius 3 is 2.35 bits per heavy atom. The van der Waals surface area contributed by atoms with Crippen molar-refractivity contribution in [3.63, 3.8) is 0 Å². The molecule has 1 aliphatic rings. The minimum absolute atomic E-state index is 0.111. The largest absolute Gasteiger partial charge is 0.478 e. The Labute approximate surface area is 113 Å². The van der Waals surface area contributed by atoms with Gasteiger partial charge in [-0.1, -0.05) is 0 Å². The second-order valence-corrected chi connectivity index (χ2v) is 4.66. The van der Waals surface area contributed by atoms with Crippen molar-refractivity contribution in [2.45, 2.75) is 6.18 Å². The molecule has 1 saturated heterocycles. The van der Waals surface area contributed by atoms with Crippen LogP contribution in [0.1, 0.15) is 16.1 Å². The third-order valence-electron chi connectivity index (χ3n) is 3.20. The van der Waals surface area contributed by atoms with Gasteiger partial charge in [0.2, 0.25) is 0 Å². The number of carboxylic acids is 1. The van der Waals surface area contributed by atoms with E-state index in [4.69, 9.17) is 5.11 Å². The van der Waals surface area contributed by atoms with E-state index < -0.39 is 17.8 Å². The summed E-state index contributed by atoms with van der Waals surface area (Å²) >= 11 is 0. The number of pyridine rings is 1. The molecular weight excluding hydrogens is 275 g/mol. The first-order valence-corrected chi connectivity index (χ1v) is 6.04. The lowest BCUT2D eigenvalue weighted by Crippen LogP contribution is -2.45. The summed E-state index contributed by atoms with van der Waals surface area (Å²) in [5.74, 6) is -1.39. The first-order valence-electron chi connectivity index (χ1n) is 6.04. The van der Waals surface area contributed by atoms with E-state index in [-0.39, 0.29) is 11.4 Å². The molecule has 0 atom stereocenters. The Morgan fingerprint density at radius 2 is 1.85 bits per heavy atom. The number of aromatic nitrogens is 1. The molecule has 0 bridgehead atoms. The Bertz CT molecular complexity index is 511. The molecule has 0 unspecified atom stereocenters. The summed E-state index contributed by atoms with van der Waals surface area (Å²) in [5, 5.41) is 9.08. The van der Waals surface area contributed by atoms with Gasteiger partial charge >= 0.3 is 12.1 Å². The number of anilines is 1. The molecule has 0 amide bonds. The molecule has 1 aromatic heterocycles. The summed E-state index contributed by atoms with van der Waals surface area (Å²) in [4.78, 5) is 18.2. The van der Waals surface area contributed by atoms with Crippen LogP contribution in [0.4, 0.5) is 19.0 Å². The molecule has 110 valence electrons. The van der Waals surface area contributed by atoms with Crippen LogP contribution in [0.25, 0.3) is 0 Å². The zero-order valence-electron chi connectivity index (χ0n) is 10.8. The molecule has 1 aliphatic heterocycles. The number of alkyl halides is 3. The Hall–Kier alpha value is -1.83. The van der Waals surface area contributed by atoms with Crippen molar-refractivity contribution in [2.24, 2.45) is 0 Å². The zero-order chi connectivity index (χ0) is 14.9. The average molecular weight is 289 g/mol. The van der Waals surface area contributed by atoms with Crippen molar-refractivity contribution in [1.29, 1.82) is 0 Å². The second-order valence-electron chi connectivity index (χ2n) is 4.66. The number of halogens is 3. The summed E-state index contributed by atoms with van der Waals surface area (Å²) in [6, 6.07) is 1.66. The molecule has 0 aliphatic carbocycles. The second kappa shape index (κ2) is 5.28. The highest BCUT2D eigenvalue weighted by Crippen LogP contribution is 2.30. The van der Waals surface area contributed by atoms with E-state index >= 15 is 0 Å². The van der Waals surface area contributed by atoms with Crippen LogP contribution in [0.3, 0.4) is 0 Å².